The lowest BCUT2D eigenvalue weighted by molar-refractivity contribution is -0.136. The average molecular weight is 389 g/mol. The van der Waals surface area contributed by atoms with Crippen LogP contribution in [0, 0.1) is 0 Å². The normalized spacial score (nSPS) is 14.2. The van der Waals surface area contributed by atoms with Crippen molar-refractivity contribution in [1.29, 1.82) is 0 Å². The van der Waals surface area contributed by atoms with Gasteiger partial charge in [0.05, 0.1) is 0 Å². The largest absolute Gasteiger partial charge is 0.481 e. The lowest BCUT2D eigenvalue weighted by atomic mass is 9.90. The van der Waals surface area contributed by atoms with E-state index in [4.69, 9.17) is 5.11 Å². The van der Waals surface area contributed by atoms with E-state index >= 15 is 0 Å². The summed E-state index contributed by atoms with van der Waals surface area (Å²) in [5.41, 5.74) is 3.58. The van der Waals surface area contributed by atoms with Crippen LogP contribution in [0.5, 0.6) is 0 Å². The van der Waals surface area contributed by atoms with Gasteiger partial charge in [-0.05, 0) is 73.7 Å². The van der Waals surface area contributed by atoms with Crippen LogP contribution in [0.15, 0.2) is 48.5 Å². The Hall–Kier alpha value is -2.37. The molecule has 1 aliphatic heterocycles. The smallest absolute Gasteiger partial charge is 0.303 e. The number of benzene rings is 2. The highest BCUT2D eigenvalue weighted by molar-refractivity contribution is 6.04. The van der Waals surface area contributed by atoms with Crippen molar-refractivity contribution in [2.24, 2.45) is 0 Å². The summed E-state index contributed by atoms with van der Waals surface area (Å²) in [6, 6.07) is 15.2. The fourth-order valence-electron chi connectivity index (χ4n) is 3.27. The summed E-state index contributed by atoms with van der Waals surface area (Å²) in [7, 11) is 0. The van der Waals surface area contributed by atoms with E-state index in [2.05, 4.69) is 22.8 Å². The highest BCUT2D eigenvalue weighted by Crippen LogP contribution is 2.26. The Balaban J connectivity index is 0.00000261. The molecule has 144 valence electrons. The van der Waals surface area contributed by atoms with E-state index in [1.54, 1.807) is 24.3 Å². The van der Waals surface area contributed by atoms with E-state index in [0.717, 1.165) is 37.2 Å². The number of aryl methyl sites for hydroxylation is 1. The highest BCUT2D eigenvalue weighted by Gasteiger charge is 2.15. The second-order valence-corrected chi connectivity index (χ2v) is 6.69. The molecule has 1 fully saturated rings. The van der Waals surface area contributed by atoms with Crippen LogP contribution in [0.25, 0.3) is 0 Å². The third kappa shape index (κ3) is 6.08. The van der Waals surface area contributed by atoms with Crippen molar-refractivity contribution in [2.75, 3.05) is 18.4 Å². The van der Waals surface area contributed by atoms with E-state index in [-0.39, 0.29) is 24.7 Å². The Morgan fingerprint density at radius 1 is 1.00 bits per heavy atom. The Bertz CT molecular complexity index is 754. The van der Waals surface area contributed by atoms with Gasteiger partial charge in [0.2, 0.25) is 0 Å². The topological polar surface area (TPSA) is 78.4 Å². The van der Waals surface area contributed by atoms with Crippen molar-refractivity contribution < 1.29 is 14.7 Å². The maximum atomic E-state index is 12.4. The fourth-order valence-corrected chi connectivity index (χ4v) is 3.27. The van der Waals surface area contributed by atoms with Crippen molar-refractivity contribution in [3.63, 3.8) is 0 Å². The standard InChI is InChI=1S/C21H24N2O3.ClH/c24-20(25)10-3-15-1-4-18(5-2-15)21(26)23-19-8-6-16(7-9-19)17-11-13-22-14-12-17;/h1-2,4-9,17,22H,3,10-14H2,(H,23,26)(H,24,25);1H. The maximum absolute atomic E-state index is 12.4. The number of aliphatic carboxylic acids is 1. The van der Waals surface area contributed by atoms with E-state index < -0.39 is 5.97 Å². The number of carboxylic acids is 1. The lowest BCUT2D eigenvalue weighted by Crippen LogP contribution is -2.26. The van der Waals surface area contributed by atoms with Crippen molar-refractivity contribution in [3.8, 4) is 0 Å². The molecular formula is C21H25ClN2O3. The van der Waals surface area contributed by atoms with Crippen LogP contribution < -0.4 is 10.6 Å². The van der Waals surface area contributed by atoms with Gasteiger partial charge in [0.1, 0.15) is 0 Å². The number of nitrogens with one attached hydrogen (secondary N) is 2. The summed E-state index contributed by atoms with van der Waals surface area (Å²) >= 11 is 0. The van der Waals surface area contributed by atoms with Crippen LogP contribution in [0.1, 0.15) is 46.7 Å². The molecule has 0 bridgehead atoms. The van der Waals surface area contributed by atoms with Crippen LogP contribution >= 0.6 is 12.4 Å². The molecule has 0 aromatic heterocycles. The van der Waals surface area contributed by atoms with E-state index in [0.29, 0.717) is 17.9 Å². The number of carbonyl (C=O) groups is 2. The zero-order valence-corrected chi connectivity index (χ0v) is 15.9. The number of piperidine rings is 1. The molecule has 0 radical (unpaired) electrons. The molecule has 0 saturated carbocycles. The molecule has 0 aliphatic carbocycles. The van der Waals surface area contributed by atoms with Crippen LogP contribution in [0.3, 0.4) is 0 Å². The Labute approximate surface area is 165 Å². The lowest BCUT2D eigenvalue weighted by Gasteiger charge is -2.23. The quantitative estimate of drug-likeness (QED) is 0.702. The molecule has 5 nitrogen and oxygen atoms in total. The number of anilines is 1. The third-order valence-corrected chi connectivity index (χ3v) is 4.82. The van der Waals surface area contributed by atoms with Crippen molar-refractivity contribution in [1.82, 2.24) is 5.32 Å². The van der Waals surface area contributed by atoms with Crippen LogP contribution in [-0.2, 0) is 11.2 Å². The van der Waals surface area contributed by atoms with Gasteiger partial charge in [-0.15, -0.1) is 12.4 Å². The number of amides is 1. The minimum absolute atomic E-state index is 0. The van der Waals surface area contributed by atoms with Gasteiger partial charge >= 0.3 is 5.97 Å². The second-order valence-electron chi connectivity index (χ2n) is 6.69. The first kappa shape index (κ1) is 20.9. The summed E-state index contributed by atoms with van der Waals surface area (Å²) in [5.74, 6) is -0.386. The Morgan fingerprint density at radius 3 is 2.22 bits per heavy atom. The van der Waals surface area contributed by atoms with Crippen LogP contribution in [0.2, 0.25) is 0 Å². The van der Waals surface area contributed by atoms with Gasteiger partial charge in [-0.2, -0.15) is 0 Å². The maximum Gasteiger partial charge on any atom is 0.303 e. The molecule has 1 amide bonds. The summed E-state index contributed by atoms with van der Waals surface area (Å²) in [4.78, 5) is 23.0. The molecule has 0 atom stereocenters. The minimum Gasteiger partial charge on any atom is -0.481 e. The zero-order chi connectivity index (χ0) is 18.4. The number of hydrogen-bond donors (Lipinski definition) is 3. The predicted molar refractivity (Wildman–Crippen MR) is 109 cm³/mol. The molecule has 0 spiro atoms. The molecule has 2 aromatic rings. The average Bonchev–Trinajstić information content (AvgIpc) is 2.68. The number of carboxylic acid groups (broad SMARTS) is 1. The zero-order valence-electron chi connectivity index (χ0n) is 15.1. The van der Waals surface area contributed by atoms with Gasteiger partial charge in [-0.3, -0.25) is 9.59 Å². The van der Waals surface area contributed by atoms with Crippen LogP contribution in [0.4, 0.5) is 5.69 Å². The first-order valence-corrected chi connectivity index (χ1v) is 9.04. The summed E-state index contributed by atoms with van der Waals surface area (Å²) in [5, 5.41) is 15.0. The van der Waals surface area contributed by atoms with Crippen molar-refractivity contribution in [2.45, 2.75) is 31.6 Å². The molecule has 3 N–H and O–H groups in total. The summed E-state index contributed by atoms with van der Waals surface area (Å²) < 4.78 is 0. The van der Waals surface area contributed by atoms with Gasteiger partial charge in [-0.25, -0.2) is 0 Å². The van der Waals surface area contributed by atoms with Gasteiger partial charge in [0, 0.05) is 17.7 Å². The molecule has 0 unspecified atom stereocenters. The predicted octanol–water partition coefficient (Wildman–Crippen LogP) is 3.84. The van der Waals surface area contributed by atoms with E-state index in [1.165, 1.54) is 5.56 Å². The minimum atomic E-state index is -0.820. The highest BCUT2D eigenvalue weighted by atomic mass is 35.5. The van der Waals surface area contributed by atoms with Gasteiger partial charge in [0.15, 0.2) is 0 Å². The number of hydrogen-bond acceptors (Lipinski definition) is 3. The molecule has 6 heteroatoms. The first-order valence-electron chi connectivity index (χ1n) is 9.04. The number of halogens is 1. The Morgan fingerprint density at radius 2 is 1.63 bits per heavy atom. The van der Waals surface area contributed by atoms with E-state index in [1.807, 2.05) is 12.1 Å². The summed E-state index contributed by atoms with van der Waals surface area (Å²) in [6.45, 7) is 2.12. The molecule has 2 aromatic carbocycles. The molecule has 1 saturated heterocycles. The third-order valence-electron chi connectivity index (χ3n) is 4.82. The fraction of sp³-hybridized carbons (Fsp3) is 0.333. The van der Waals surface area contributed by atoms with Gasteiger partial charge < -0.3 is 15.7 Å². The number of carbonyl (C=O) groups excluding carboxylic acids is 1. The summed E-state index contributed by atoms with van der Waals surface area (Å²) in [6.07, 6.45) is 2.87. The van der Waals surface area contributed by atoms with Crippen molar-refractivity contribution >= 4 is 30.0 Å². The van der Waals surface area contributed by atoms with Gasteiger partial charge in [-0.1, -0.05) is 24.3 Å². The molecule has 27 heavy (non-hydrogen) atoms. The SMILES string of the molecule is Cl.O=C(O)CCc1ccc(C(=O)Nc2ccc(C3CCNCC3)cc2)cc1. The second kappa shape index (κ2) is 10.1. The first-order chi connectivity index (χ1) is 12.6. The van der Waals surface area contributed by atoms with Gasteiger partial charge in [0.25, 0.3) is 5.91 Å². The molecule has 3 rings (SSSR count). The molecule has 1 heterocycles. The van der Waals surface area contributed by atoms with E-state index in [9.17, 15) is 9.59 Å². The molecule has 1 aliphatic rings. The van der Waals surface area contributed by atoms with Crippen molar-refractivity contribution in [3.05, 3.63) is 65.2 Å². The van der Waals surface area contributed by atoms with Crippen LogP contribution in [-0.4, -0.2) is 30.1 Å². The number of rotatable bonds is 6. The Kier molecular flexibility index (Phi) is 7.82. The molecular weight excluding hydrogens is 364 g/mol. The monoisotopic (exact) mass is 388 g/mol.